The second kappa shape index (κ2) is 4.91. The van der Waals surface area contributed by atoms with Gasteiger partial charge in [-0.1, -0.05) is 19.1 Å². The van der Waals surface area contributed by atoms with Crippen LogP contribution in [-0.2, 0) is 6.42 Å². The molecular formula is C13H14N2O3. The van der Waals surface area contributed by atoms with Crippen LogP contribution in [0.3, 0.4) is 0 Å². The average molecular weight is 246 g/mol. The van der Waals surface area contributed by atoms with Gasteiger partial charge in [-0.15, -0.1) is 0 Å². The van der Waals surface area contributed by atoms with E-state index < -0.39 is 5.56 Å². The molecule has 0 atom stereocenters. The summed E-state index contributed by atoms with van der Waals surface area (Å²) in [7, 11) is 1.41. The zero-order valence-electron chi connectivity index (χ0n) is 10.3. The van der Waals surface area contributed by atoms with E-state index in [9.17, 15) is 9.59 Å². The summed E-state index contributed by atoms with van der Waals surface area (Å²) in [5.74, 6) is 0.176. The summed E-state index contributed by atoms with van der Waals surface area (Å²) in [5, 5.41) is 2.76. The first-order valence-corrected chi connectivity index (χ1v) is 5.64. The maximum Gasteiger partial charge on any atom is 0.285 e. The van der Waals surface area contributed by atoms with Crippen LogP contribution in [0.4, 0.5) is 0 Å². The fourth-order valence-electron chi connectivity index (χ4n) is 1.75. The molecule has 0 radical (unpaired) electrons. The highest BCUT2D eigenvalue weighted by Gasteiger charge is 2.14. The fraction of sp³-hybridized carbons (Fsp3) is 0.231. The molecule has 5 nitrogen and oxygen atoms in total. The molecule has 0 saturated heterocycles. The molecule has 0 aliphatic carbocycles. The number of rotatable bonds is 4. The van der Waals surface area contributed by atoms with E-state index in [1.54, 1.807) is 0 Å². The summed E-state index contributed by atoms with van der Waals surface area (Å²) in [4.78, 5) is 22.8. The first-order chi connectivity index (χ1) is 8.71. The molecule has 5 heteroatoms. The molecule has 0 saturated carbocycles. The fourth-order valence-corrected chi connectivity index (χ4v) is 1.75. The van der Waals surface area contributed by atoms with Gasteiger partial charge in [-0.25, -0.2) is 4.68 Å². The standard InChI is InChI=1S/C13H14N2O3/c1-3-9-4-6-10(7-5-9)15-13(17)11(8-16)12(14-15)18-2/h4-8,14H,3H2,1-2H3. The van der Waals surface area contributed by atoms with Crippen molar-refractivity contribution in [3.05, 3.63) is 45.7 Å². The third-order valence-electron chi connectivity index (χ3n) is 2.82. The summed E-state index contributed by atoms with van der Waals surface area (Å²) >= 11 is 0. The van der Waals surface area contributed by atoms with Gasteiger partial charge in [0, 0.05) is 0 Å². The van der Waals surface area contributed by atoms with Crippen molar-refractivity contribution in [2.24, 2.45) is 0 Å². The van der Waals surface area contributed by atoms with Gasteiger partial charge < -0.3 is 4.74 Å². The lowest BCUT2D eigenvalue weighted by Crippen LogP contribution is -2.16. The zero-order chi connectivity index (χ0) is 13.1. The average Bonchev–Trinajstić information content (AvgIpc) is 2.75. The molecule has 1 heterocycles. The number of aryl methyl sites for hydroxylation is 1. The molecule has 2 rings (SSSR count). The van der Waals surface area contributed by atoms with Crippen LogP contribution in [0.15, 0.2) is 29.1 Å². The Hall–Kier alpha value is -2.30. The van der Waals surface area contributed by atoms with Crippen molar-refractivity contribution in [3.63, 3.8) is 0 Å². The van der Waals surface area contributed by atoms with E-state index >= 15 is 0 Å². The SMILES string of the molecule is CCc1ccc(-n2[nH]c(OC)c(C=O)c2=O)cc1. The van der Waals surface area contributed by atoms with Gasteiger partial charge in [-0.3, -0.25) is 14.7 Å². The lowest BCUT2D eigenvalue weighted by atomic mass is 10.1. The number of carbonyl (C=O) groups excluding carboxylic acids is 1. The van der Waals surface area contributed by atoms with Crippen LogP contribution in [0.25, 0.3) is 5.69 Å². The number of ether oxygens (including phenoxy) is 1. The van der Waals surface area contributed by atoms with Crippen molar-refractivity contribution in [2.45, 2.75) is 13.3 Å². The minimum absolute atomic E-state index is 0.00271. The largest absolute Gasteiger partial charge is 0.481 e. The van der Waals surface area contributed by atoms with E-state index in [0.29, 0.717) is 12.0 Å². The molecule has 1 aromatic heterocycles. The van der Waals surface area contributed by atoms with E-state index in [1.807, 2.05) is 24.3 Å². The van der Waals surface area contributed by atoms with Gasteiger partial charge >= 0.3 is 0 Å². The number of methoxy groups -OCH3 is 1. The Morgan fingerprint density at radius 3 is 2.44 bits per heavy atom. The van der Waals surface area contributed by atoms with Crippen LogP contribution in [0.5, 0.6) is 5.88 Å². The Labute approximate surface area is 104 Å². The number of aldehydes is 1. The van der Waals surface area contributed by atoms with E-state index in [-0.39, 0.29) is 11.4 Å². The van der Waals surface area contributed by atoms with Crippen LogP contribution in [-0.4, -0.2) is 23.2 Å². The number of nitrogens with zero attached hydrogens (tertiary/aromatic N) is 1. The van der Waals surface area contributed by atoms with Gasteiger partial charge in [0.2, 0.25) is 5.88 Å². The number of hydrogen-bond donors (Lipinski definition) is 1. The Balaban J connectivity index is 2.53. The van der Waals surface area contributed by atoms with Crippen LogP contribution in [0, 0.1) is 0 Å². The molecule has 0 fully saturated rings. The third kappa shape index (κ3) is 1.95. The molecule has 18 heavy (non-hydrogen) atoms. The molecule has 0 spiro atoms. The van der Waals surface area contributed by atoms with E-state index in [1.165, 1.54) is 17.4 Å². The first kappa shape index (κ1) is 12.2. The number of benzene rings is 1. The van der Waals surface area contributed by atoms with Crippen LogP contribution in [0.2, 0.25) is 0 Å². The lowest BCUT2D eigenvalue weighted by Gasteiger charge is -2.02. The molecule has 2 aromatic rings. The van der Waals surface area contributed by atoms with E-state index in [4.69, 9.17) is 4.74 Å². The Bertz CT molecular complexity index is 608. The maximum atomic E-state index is 12.0. The maximum absolute atomic E-state index is 12.0. The number of aromatic amines is 1. The smallest absolute Gasteiger partial charge is 0.285 e. The van der Waals surface area contributed by atoms with E-state index in [0.717, 1.165) is 6.42 Å². The number of H-pyrrole nitrogens is 1. The highest BCUT2D eigenvalue weighted by molar-refractivity contribution is 5.77. The summed E-state index contributed by atoms with van der Waals surface area (Å²) in [6.45, 7) is 2.06. The summed E-state index contributed by atoms with van der Waals surface area (Å²) in [6.07, 6.45) is 1.43. The van der Waals surface area contributed by atoms with Gasteiger partial charge in [0.25, 0.3) is 5.56 Å². The molecule has 94 valence electrons. The van der Waals surface area contributed by atoms with E-state index in [2.05, 4.69) is 12.0 Å². The monoisotopic (exact) mass is 246 g/mol. The molecule has 1 N–H and O–H groups in total. The topological polar surface area (TPSA) is 64.1 Å². The Kier molecular flexibility index (Phi) is 3.32. The summed E-state index contributed by atoms with van der Waals surface area (Å²) < 4.78 is 6.25. The predicted molar refractivity (Wildman–Crippen MR) is 67.7 cm³/mol. The Morgan fingerprint density at radius 1 is 1.33 bits per heavy atom. The van der Waals surface area contributed by atoms with Gasteiger partial charge in [-0.2, -0.15) is 0 Å². The zero-order valence-corrected chi connectivity index (χ0v) is 10.3. The second-order valence-electron chi connectivity index (χ2n) is 3.84. The molecule has 0 bridgehead atoms. The number of hydrogen-bond acceptors (Lipinski definition) is 3. The number of aromatic nitrogens is 2. The number of nitrogens with one attached hydrogen (secondary N) is 1. The van der Waals surface area contributed by atoms with Crippen LogP contribution in [0.1, 0.15) is 22.8 Å². The summed E-state index contributed by atoms with van der Waals surface area (Å²) in [6, 6.07) is 7.53. The van der Waals surface area contributed by atoms with Crippen molar-refractivity contribution in [3.8, 4) is 11.6 Å². The third-order valence-corrected chi connectivity index (χ3v) is 2.82. The molecule has 1 aromatic carbocycles. The van der Waals surface area contributed by atoms with Crippen molar-refractivity contribution in [2.75, 3.05) is 7.11 Å². The lowest BCUT2D eigenvalue weighted by molar-refractivity contribution is 0.111. The summed E-state index contributed by atoms with van der Waals surface area (Å²) in [5.41, 5.74) is 1.44. The highest BCUT2D eigenvalue weighted by Crippen LogP contribution is 2.13. The van der Waals surface area contributed by atoms with Gasteiger partial charge in [0.05, 0.1) is 12.8 Å². The molecule has 0 unspecified atom stereocenters. The predicted octanol–water partition coefficient (Wildman–Crippen LogP) is 1.55. The minimum Gasteiger partial charge on any atom is -0.481 e. The first-order valence-electron chi connectivity index (χ1n) is 5.64. The van der Waals surface area contributed by atoms with Gasteiger partial charge in [0.15, 0.2) is 6.29 Å². The van der Waals surface area contributed by atoms with Crippen molar-refractivity contribution in [1.29, 1.82) is 0 Å². The van der Waals surface area contributed by atoms with Crippen LogP contribution < -0.4 is 10.3 Å². The van der Waals surface area contributed by atoms with Crippen molar-refractivity contribution < 1.29 is 9.53 Å². The quantitative estimate of drug-likeness (QED) is 0.832. The van der Waals surface area contributed by atoms with Crippen molar-refractivity contribution in [1.82, 2.24) is 9.78 Å². The minimum atomic E-state index is -0.411. The normalized spacial score (nSPS) is 10.3. The highest BCUT2D eigenvalue weighted by atomic mass is 16.5. The molecule has 0 aliphatic heterocycles. The number of carbonyl (C=O) groups is 1. The molecular weight excluding hydrogens is 232 g/mol. The van der Waals surface area contributed by atoms with Gasteiger partial charge in [0.1, 0.15) is 5.56 Å². The second-order valence-corrected chi connectivity index (χ2v) is 3.84. The van der Waals surface area contributed by atoms with Gasteiger partial charge in [-0.05, 0) is 24.1 Å². The molecule has 0 aliphatic rings. The van der Waals surface area contributed by atoms with Crippen molar-refractivity contribution >= 4 is 6.29 Å². The Morgan fingerprint density at radius 2 is 2.00 bits per heavy atom. The molecule has 0 amide bonds. The van der Waals surface area contributed by atoms with Crippen LogP contribution >= 0.6 is 0 Å².